The lowest BCUT2D eigenvalue weighted by Crippen LogP contribution is -2.32. The molecule has 0 radical (unpaired) electrons. The zero-order chi connectivity index (χ0) is 17.5. The first-order valence-corrected chi connectivity index (χ1v) is 9.13. The summed E-state index contributed by atoms with van der Waals surface area (Å²) in [5, 5.41) is 4.53. The third kappa shape index (κ3) is 5.36. The molecule has 2 aromatic heterocycles. The largest absolute Gasteiger partial charge is 0.357 e. The molecular formula is C19H29N5O. The zero-order valence-electron chi connectivity index (χ0n) is 15.3. The summed E-state index contributed by atoms with van der Waals surface area (Å²) >= 11 is 0. The van der Waals surface area contributed by atoms with Crippen LogP contribution in [0, 0.1) is 0 Å². The van der Waals surface area contributed by atoms with E-state index >= 15 is 0 Å². The molecule has 2 aromatic rings. The first-order valence-electron chi connectivity index (χ1n) is 9.13. The molecule has 0 saturated carbocycles. The summed E-state index contributed by atoms with van der Waals surface area (Å²) < 4.78 is 7.99. The van der Waals surface area contributed by atoms with Crippen molar-refractivity contribution in [3.8, 4) is 0 Å². The van der Waals surface area contributed by atoms with E-state index in [1.54, 1.807) is 0 Å². The zero-order valence-corrected chi connectivity index (χ0v) is 15.3. The molecule has 1 atom stereocenters. The van der Waals surface area contributed by atoms with Crippen LogP contribution in [0.2, 0.25) is 0 Å². The molecular weight excluding hydrogens is 314 g/mol. The van der Waals surface area contributed by atoms with Crippen LogP contribution >= 0.6 is 0 Å². The van der Waals surface area contributed by atoms with Gasteiger partial charge in [0.25, 0.3) is 0 Å². The second-order valence-corrected chi connectivity index (χ2v) is 6.92. The van der Waals surface area contributed by atoms with Crippen LogP contribution in [0.15, 0.2) is 36.7 Å². The fourth-order valence-electron chi connectivity index (χ4n) is 3.15. The first kappa shape index (κ1) is 18.0. The normalized spacial score (nSPS) is 18.2. The summed E-state index contributed by atoms with van der Waals surface area (Å²) in [5.74, 6) is 0. The Morgan fingerprint density at radius 3 is 2.76 bits per heavy atom. The van der Waals surface area contributed by atoms with Crippen LogP contribution in [0.5, 0.6) is 0 Å². The van der Waals surface area contributed by atoms with E-state index in [0.29, 0.717) is 0 Å². The van der Waals surface area contributed by atoms with Gasteiger partial charge in [-0.05, 0) is 51.6 Å². The van der Waals surface area contributed by atoms with E-state index in [0.717, 1.165) is 51.3 Å². The molecule has 3 rings (SSSR count). The van der Waals surface area contributed by atoms with Gasteiger partial charge in [0.05, 0.1) is 11.4 Å². The van der Waals surface area contributed by atoms with Crippen LogP contribution in [-0.4, -0.2) is 58.4 Å². The number of rotatable bonds is 8. The quantitative estimate of drug-likeness (QED) is 0.737. The Morgan fingerprint density at radius 2 is 2.04 bits per heavy atom. The van der Waals surface area contributed by atoms with Crippen LogP contribution in [-0.2, 0) is 17.8 Å². The molecule has 0 unspecified atom stereocenters. The van der Waals surface area contributed by atoms with Gasteiger partial charge >= 0.3 is 0 Å². The Kier molecular flexibility index (Phi) is 6.55. The third-order valence-electron chi connectivity index (χ3n) is 4.54. The lowest BCUT2D eigenvalue weighted by Gasteiger charge is -2.27. The Labute approximate surface area is 150 Å². The van der Waals surface area contributed by atoms with Crippen LogP contribution < -0.4 is 0 Å². The van der Waals surface area contributed by atoms with E-state index < -0.39 is 0 Å². The fourth-order valence-corrected chi connectivity index (χ4v) is 3.15. The van der Waals surface area contributed by atoms with Crippen molar-refractivity contribution in [2.24, 2.45) is 0 Å². The average Bonchev–Trinajstić information content (AvgIpc) is 3.09. The maximum absolute atomic E-state index is 5.92. The van der Waals surface area contributed by atoms with E-state index in [-0.39, 0.29) is 6.23 Å². The average molecular weight is 343 g/mol. The Bertz CT molecular complexity index is 622. The fraction of sp³-hybridized carbons (Fsp3) is 0.579. The maximum Gasteiger partial charge on any atom is 0.150 e. The molecule has 6 nitrogen and oxygen atoms in total. The van der Waals surface area contributed by atoms with E-state index in [1.165, 1.54) is 12.1 Å². The highest BCUT2D eigenvalue weighted by atomic mass is 16.5. The molecule has 136 valence electrons. The van der Waals surface area contributed by atoms with Gasteiger partial charge in [0.2, 0.25) is 0 Å². The lowest BCUT2D eigenvalue weighted by atomic mass is 10.2. The summed E-state index contributed by atoms with van der Waals surface area (Å²) in [6, 6.07) is 8.21. The molecule has 0 aliphatic carbocycles. The van der Waals surface area contributed by atoms with Gasteiger partial charge in [0.15, 0.2) is 6.23 Å². The molecule has 0 spiro atoms. The first-order chi connectivity index (χ1) is 12.2. The molecule has 1 aliphatic rings. The van der Waals surface area contributed by atoms with E-state index in [9.17, 15) is 0 Å². The lowest BCUT2D eigenvalue weighted by molar-refractivity contribution is -0.0421. The minimum atomic E-state index is 0.0873. The molecule has 0 N–H and O–H groups in total. The third-order valence-corrected chi connectivity index (χ3v) is 4.54. The standard InChI is InChI=1S/C19H29N5O/c1-22(2)12-13-23(15-17-7-3-5-10-20-17)16-18-9-11-21-24(18)19-8-4-6-14-25-19/h3,5,7,9-11,19H,4,6,8,12-16H2,1-2H3/t19-/m0/s1. The highest BCUT2D eigenvalue weighted by Crippen LogP contribution is 2.23. The van der Waals surface area contributed by atoms with Crippen molar-refractivity contribution in [3.05, 3.63) is 48.0 Å². The molecule has 6 heteroatoms. The van der Waals surface area contributed by atoms with E-state index in [4.69, 9.17) is 4.74 Å². The summed E-state index contributed by atoms with van der Waals surface area (Å²) in [4.78, 5) is 9.13. The van der Waals surface area contributed by atoms with Gasteiger partial charge in [-0.25, -0.2) is 4.68 Å². The Balaban J connectivity index is 1.70. The molecule has 0 amide bonds. The minimum Gasteiger partial charge on any atom is -0.357 e. The number of nitrogens with zero attached hydrogens (tertiary/aromatic N) is 5. The Morgan fingerprint density at radius 1 is 1.12 bits per heavy atom. The molecule has 1 fully saturated rings. The number of aromatic nitrogens is 3. The predicted molar refractivity (Wildman–Crippen MR) is 98.0 cm³/mol. The highest BCUT2D eigenvalue weighted by molar-refractivity contribution is 5.05. The maximum atomic E-state index is 5.92. The summed E-state index contributed by atoms with van der Waals surface area (Å²) in [6.07, 6.45) is 7.25. The van der Waals surface area contributed by atoms with E-state index in [1.807, 2.05) is 24.5 Å². The van der Waals surface area contributed by atoms with Gasteiger partial charge in [-0.15, -0.1) is 0 Å². The molecule has 25 heavy (non-hydrogen) atoms. The van der Waals surface area contributed by atoms with Crippen molar-refractivity contribution in [1.29, 1.82) is 0 Å². The van der Waals surface area contributed by atoms with Gasteiger partial charge in [0, 0.05) is 45.2 Å². The van der Waals surface area contributed by atoms with Crippen molar-refractivity contribution >= 4 is 0 Å². The van der Waals surface area contributed by atoms with E-state index in [2.05, 4.69) is 50.8 Å². The van der Waals surface area contributed by atoms with Crippen LogP contribution in [0.1, 0.15) is 36.9 Å². The van der Waals surface area contributed by atoms with Gasteiger partial charge in [-0.1, -0.05) is 6.07 Å². The minimum absolute atomic E-state index is 0.0873. The van der Waals surface area contributed by atoms with Crippen LogP contribution in [0.3, 0.4) is 0 Å². The molecule has 1 saturated heterocycles. The van der Waals surface area contributed by atoms with Gasteiger partial charge in [0.1, 0.15) is 0 Å². The van der Waals surface area contributed by atoms with Crippen molar-refractivity contribution < 1.29 is 4.74 Å². The molecule has 0 bridgehead atoms. The van der Waals surface area contributed by atoms with Gasteiger partial charge in [-0.3, -0.25) is 9.88 Å². The monoisotopic (exact) mass is 343 g/mol. The Hall–Kier alpha value is -1.76. The van der Waals surface area contributed by atoms with Crippen molar-refractivity contribution in [2.75, 3.05) is 33.8 Å². The molecule has 1 aliphatic heterocycles. The topological polar surface area (TPSA) is 46.4 Å². The number of hydrogen-bond donors (Lipinski definition) is 0. The van der Waals surface area contributed by atoms with Gasteiger partial charge < -0.3 is 9.64 Å². The summed E-state index contributed by atoms with van der Waals surface area (Å²) in [7, 11) is 4.22. The SMILES string of the molecule is CN(C)CCN(Cc1ccccn1)Cc1ccnn1[C@@H]1CCCCO1. The summed E-state index contributed by atoms with van der Waals surface area (Å²) in [6.45, 7) is 4.53. The van der Waals surface area contributed by atoms with Crippen LogP contribution in [0.25, 0.3) is 0 Å². The number of ether oxygens (including phenoxy) is 1. The molecule has 3 heterocycles. The van der Waals surface area contributed by atoms with Crippen LogP contribution in [0.4, 0.5) is 0 Å². The van der Waals surface area contributed by atoms with Crippen molar-refractivity contribution in [1.82, 2.24) is 24.6 Å². The van der Waals surface area contributed by atoms with Gasteiger partial charge in [-0.2, -0.15) is 5.10 Å². The number of likely N-dealkylation sites (N-methyl/N-ethyl adjacent to an activating group) is 1. The number of hydrogen-bond acceptors (Lipinski definition) is 5. The smallest absolute Gasteiger partial charge is 0.150 e. The highest BCUT2D eigenvalue weighted by Gasteiger charge is 2.20. The predicted octanol–water partition coefficient (Wildman–Crippen LogP) is 2.54. The molecule has 0 aromatic carbocycles. The number of pyridine rings is 1. The summed E-state index contributed by atoms with van der Waals surface area (Å²) in [5.41, 5.74) is 2.31. The second-order valence-electron chi connectivity index (χ2n) is 6.92. The second kappa shape index (κ2) is 9.08. The van der Waals surface area contributed by atoms with Crippen molar-refractivity contribution in [2.45, 2.75) is 38.6 Å². The van der Waals surface area contributed by atoms with Crippen molar-refractivity contribution in [3.63, 3.8) is 0 Å².